The maximum absolute atomic E-state index is 11.7. The van der Waals surface area contributed by atoms with Crippen LogP contribution in [0.15, 0.2) is 34.7 Å². The van der Waals surface area contributed by atoms with Crippen LogP contribution in [-0.2, 0) is 10.5 Å². The molecule has 120 valence electrons. The molecule has 1 aromatic heterocycles. The normalized spacial score (nSPS) is 10.0. The van der Waals surface area contributed by atoms with Crippen LogP contribution in [0.25, 0.3) is 0 Å². The van der Waals surface area contributed by atoms with Crippen molar-refractivity contribution >= 4 is 46.5 Å². The molecule has 8 heteroatoms. The molecule has 0 saturated carbocycles. The van der Waals surface area contributed by atoms with E-state index >= 15 is 0 Å². The molecule has 0 radical (unpaired) electrons. The third kappa shape index (κ3) is 6.74. The lowest BCUT2D eigenvalue weighted by Crippen LogP contribution is -2.15. The van der Waals surface area contributed by atoms with Crippen LogP contribution in [0.4, 0.5) is 5.13 Å². The number of nitrogens with zero attached hydrogens (tertiary/aromatic N) is 2. The van der Waals surface area contributed by atoms with Crippen LogP contribution < -0.4 is 10.6 Å². The van der Waals surface area contributed by atoms with Crippen molar-refractivity contribution in [1.29, 1.82) is 0 Å². The molecule has 0 saturated heterocycles. The van der Waals surface area contributed by atoms with E-state index in [9.17, 15) is 4.79 Å². The van der Waals surface area contributed by atoms with Crippen LogP contribution in [0.1, 0.15) is 18.4 Å². The van der Waals surface area contributed by atoms with Gasteiger partial charge in [0.05, 0.1) is 0 Å². The van der Waals surface area contributed by atoms with E-state index in [0.717, 1.165) is 23.1 Å². The van der Waals surface area contributed by atoms with Crippen molar-refractivity contribution in [2.24, 2.45) is 0 Å². The molecule has 0 fully saturated rings. The summed E-state index contributed by atoms with van der Waals surface area (Å²) >= 11 is 3.04. The Kier molecular flexibility index (Phi) is 9.07. The lowest BCUT2D eigenvalue weighted by molar-refractivity contribution is -0.116. The molecule has 22 heavy (non-hydrogen) atoms. The molecule has 1 heterocycles. The molecule has 0 spiro atoms. The Balaban J connectivity index is 0.00000242. The molecule has 0 bridgehead atoms. The van der Waals surface area contributed by atoms with Gasteiger partial charge in [-0.25, -0.2) is 0 Å². The van der Waals surface area contributed by atoms with Gasteiger partial charge < -0.3 is 10.6 Å². The van der Waals surface area contributed by atoms with E-state index in [2.05, 4.69) is 33.0 Å². The van der Waals surface area contributed by atoms with Gasteiger partial charge in [-0.2, -0.15) is 0 Å². The van der Waals surface area contributed by atoms with Crippen molar-refractivity contribution in [1.82, 2.24) is 15.5 Å². The Bertz CT molecular complexity index is 565. The fourth-order valence-corrected chi connectivity index (χ4v) is 3.37. The van der Waals surface area contributed by atoms with Crippen LogP contribution in [-0.4, -0.2) is 29.7 Å². The summed E-state index contributed by atoms with van der Waals surface area (Å²) in [4.78, 5) is 11.7. The van der Waals surface area contributed by atoms with Crippen LogP contribution >= 0.6 is 35.5 Å². The number of rotatable bonds is 8. The summed E-state index contributed by atoms with van der Waals surface area (Å²) in [6.45, 7) is 0.835. The Hall–Kier alpha value is -1.15. The van der Waals surface area contributed by atoms with Crippen molar-refractivity contribution in [2.75, 3.05) is 18.9 Å². The molecule has 0 aliphatic rings. The number of nitrogens with one attached hydrogen (secondary N) is 2. The molecule has 1 amide bonds. The number of thioether (sulfide) groups is 1. The number of benzene rings is 1. The van der Waals surface area contributed by atoms with E-state index in [1.165, 1.54) is 16.9 Å². The molecular weight excluding hydrogens is 340 g/mol. The van der Waals surface area contributed by atoms with Gasteiger partial charge in [-0.3, -0.25) is 4.79 Å². The van der Waals surface area contributed by atoms with Gasteiger partial charge in [0, 0.05) is 12.2 Å². The Morgan fingerprint density at radius 1 is 1.27 bits per heavy atom. The van der Waals surface area contributed by atoms with Gasteiger partial charge in [-0.1, -0.05) is 53.4 Å². The lowest BCUT2D eigenvalue weighted by atomic mass is 10.2. The second kappa shape index (κ2) is 10.6. The summed E-state index contributed by atoms with van der Waals surface area (Å²) in [7, 11) is 1.87. The smallest absolute Gasteiger partial charge is 0.226 e. The number of halogens is 1. The van der Waals surface area contributed by atoms with E-state index in [1.54, 1.807) is 11.8 Å². The number of aromatic nitrogens is 2. The van der Waals surface area contributed by atoms with Gasteiger partial charge in [0.2, 0.25) is 11.0 Å². The number of carbonyl (C=O) groups excluding carboxylic acids is 1. The van der Waals surface area contributed by atoms with Crippen molar-refractivity contribution in [3.8, 4) is 0 Å². The third-order valence-electron chi connectivity index (χ3n) is 2.69. The van der Waals surface area contributed by atoms with Gasteiger partial charge in [0.15, 0.2) is 4.34 Å². The van der Waals surface area contributed by atoms with E-state index in [1.807, 2.05) is 25.2 Å². The van der Waals surface area contributed by atoms with E-state index in [0.29, 0.717) is 11.6 Å². The minimum Gasteiger partial charge on any atom is -0.320 e. The van der Waals surface area contributed by atoms with E-state index < -0.39 is 0 Å². The number of hydrogen-bond donors (Lipinski definition) is 2. The Labute approximate surface area is 144 Å². The SMILES string of the molecule is CNCCCC(=O)Nc1nnc(SCc2ccccc2)s1.Cl. The second-order valence-corrected chi connectivity index (χ2v) is 6.60. The second-order valence-electron chi connectivity index (χ2n) is 4.40. The highest BCUT2D eigenvalue weighted by atomic mass is 35.5. The van der Waals surface area contributed by atoms with Gasteiger partial charge in [-0.05, 0) is 25.6 Å². The highest BCUT2D eigenvalue weighted by Gasteiger charge is 2.08. The fraction of sp³-hybridized carbons (Fsp3) is 0.357. The first-order valence-electron chi connectivity index (χ1n) is 6.72. The lowest BCUT2D eigenvalue weighted by Gasteiger charge is -2.00. The summed E-state index contributed by atoms with van der Waals surface area (Å²) in [5, 5.41) is 14.5. The standard InChI is InChI=1S/C14H18N4OS2.ClH/c1-15-9-5-8-12(19)16-13-17-18-14(21-13)20-10-11-6-3-2-4-7-11;/h2-4,6-7,15H,5,8-10H2,1H3,(H,16,17,19);1H. The van der Waals surface area contributed by atoms with Gasteiger partial charge in [0.1, 0.15) is 0 Å². The first-order chi connectivity index (χ1) is 10.3. The van der Waals surface area contributed by atoms with Crippen LogP contribution in [0.5, 0.6) is 0 Å². The third-order valence-corrected chi connectivity index (χ3v) is 4.73. The number of hydrogen-bond acceptors (Lipinski definition) is 6. The molecule has 2 rings (SSSR count). The number of anilines is 1. The van der Waals surface area contributed by atoms with Gasteiger partial charge in [0.25, 0.3) is 0 Å². The zero-order valence-corrected chi connectivity index (χ0v) is 14.7. The topological polar surface area (TPSA) is 66.9 Å². The monoisotopic (exact) mass is 358 g/mol. The summed E-state index contributed by atoms with van der Waals surface area (Å²) < 4.78 is 0.865. The minimum absolute atomic E-state index is 0. The molecule has 2 aromatic rings. The molecule has 0 aliphatic heterocycles. The zero-order valence-electron chi connectivity index (χ0n) is 12.2. The first kappa shape index (κ1) is 18.9. The average molecular weight is 359 g/mol. The van der Waals surface area contributed by atoms with Gasteiger partial charge >= 0.3 is 0 Å². The summed E-state index contributed by atoms with van der Waals surface area (Å²) in [5.41, 5.74) is 1.25. The first-order valence-corrected chi connectivity index (χ1v) is 8.53. The average Bonchev–Trinajstić information content (AvgIpc) is 2.94. The predicted octanol–water partition coefficient (Wildman–Crippen LogP) is 3.19. The van der Waals surface area contributed by atoms with E-state index in [-0.39, 0.29) is 18.3 Å². The van der Waals surface area contributed by atoms with E-state index in [4.69, 9.17) is 0 Å². The number of carbonyl (C=O) groups is 1. The number of amides is 1. The molecular formula is C14H19ClN4OS2. The molecule has 0 unspecified atom stereocenters. The molecule has 0 atom stereocenters. The van der Waals surface area contributed by atoms with Gasteiger partial charge in [-0.15, -0.1) is 22.6 Å². The van der Waals surface area contributed by atoms with Crippen molar-refractivity contribution < 1.29 is 4.79 Å². The zero-order chi connectivity index (χ0) is 14.9. The van der Waals surface area contributed by atoms with Crippen LogP contribution in [0.2, 0.25) is 0 Å². The fourth-order valence-electron chi connectivity index (χ4n) is 1.65. The predicted molar refractivity (Wildman–Crippen MR) is 95.0 cm³/mol. The van der Waals surface area contributed by atoms with Crippen molar-refractivity contribution in [3.05, 3.63) is 35.9 Å². The summed E-state index contributed by atoms with van der Waals surface area (Å²) in [6, 6.07) is 10.2. The Morgan fingerprint density at radius 3 is 2.77 bits per heavy atom. The molecule has 5 nitrogen and oxygen atoms in total. The van der Waals surface area contributed by atoms with Crippen LogP contribution in [0, 0.1) is 0 Å². The molecule has 2 N–H and O–H groups in total. The molecule has 0 aliphatic carbocycles. The Morgan fingerprint density at radius 2 is 2.05 bits per heavy atom. The highest BCUT2D eigenvalue weighted by Crippen LogP contribution is 2.28. The summed E-state index contributed by atoms with van der Waals surface area (Å²) in [6.07, 6.45) is 1.31. The van der Waals surface area contributed by atoms with Crippen molar-refractivity contribution in [3.63, 3.8) is 0 Å². The molecule has 1 aromatic carbocycles. The maximum atomic E-state index is 11.7. The highest BCUT2D eigenvalue weighted by molar-refractivity contribution is 8.00. The van der Waals surface area contributed by atoms with Crippen molar-refractivity contribution in [2.45, 2.75) is 22.9 Å². The summed E-state index contributed by atoms with van der Waals surface area (Å²) in [5.74, 6) is 0.840. The largest absolute Gasteiger partial charge is 0.320 e. The quantitative estimate of drug-likeness (QED) is 0.431. The maximum Gasteiger partial charge on any atom is 0.226 e. The van der Waals surface area contributed by atoms with Crippen LogP contribution in [0.3, 0.4) is 0 Å². The minimum atomic E-state index is -0.0130.